The minimum absolute atomic E-state index is 0.351. The van der Waals surface area contributed by atoms with E-state index in [2.05, 4.69) is 50.0 Å². The van der Waals surface area contributed by atoms with E-state index >= 15 is 0 Å². The number of benzene rings is 1. The van der Waals surface area contributed by atoms with E-state index in [1.165, 1.54) is 5.56 Å². The van der Waals surface area contributed by atoms with Gasteiger partial charge in [0, 0.05) is 12.5 Å². The third-order valence-corrected chi connectivity index (χ3v) is 2.37. The molecule has 0 saturated carbocycles. The molecule has 3 nitrogen and oxygen atoms in total. The van der Waals surface area contributed by atoms with Crippen LogP contribution in [0.25, 0.3) is 11.4 Å². The van der Waals surface area contributed by atoms with Crippen molar-refractivity contribution in [3.63, 3.8) is 0 Å². The minimum Gasteiger partial charge on any atom is -0.339 e. The van der Waals surface area contributed by atoms with Gasteiger partial charge in [0.25, 0.3) is 0 Å². The van der Waals surface area contributed by atoms with Gasteiger partial charge < -0.3 is 4.52 Å². The highest BCUT2D eigenvalue weighted by atomic mass is 16.5. The van der Waals surface area contributed by atoms with Crippen molar-refractivity contribution in [2.45, 2.75) is 20.8 Å². The maximum atomic E-state index is 4.89. The van der Waals surface area contributed by atoms with Crippen LogP contribution in [0.4, 0.5) is 0 Å². The summed E-state index contributed by atoms with van der Waals surface area (Å²) in [5.41, 5.74) is 4.60. The first-order chi connectivity index (χ1) is 7.08. The first kappa shape index (κ1) is 9.90. The fourth-order valence-electron chi connectivity index (χ4n) is 1.89. The smallest absolute Gasteiger partial charge is 0.227 e. The molecule has 3 heteroatoms. The molecule has 0 amide bonds. The molecule has 0 aliphatic heterocycles. The zero-order valence-electron chi connectivity index (χ0n) is 9.16. The Hall–Kier alpha value is -1.64. The van der Waals surface area contributed by atoms with Gasteiger partial charge in [0.05, 0.1) is 0 Å². The lowest BCUT2D eigenvalue weighted by molar-refractivity contribution is 0.405. The van der Waals surface area contributed by atoms with Crippen LogP contribution < -0.4 is 0 Å². The number of nitrogens with zero attached hydrogens (tertiary/aromatic N) is 2. The average molecular weight is 201 g/mol. The summed E-state index contributed by atoms with van der Waals surface area (Å²) in [4.78, 5) is 4.14. The Morgan fingerprint density at radius 3 is 2.20 bits per heavy atom. The van der Waals surface area contributed by atoms with E-state index in [9.17, 15) is 0 Å². The highest BCUT2D eigenvalue weighted by molar-refractivity contribution is 5.64. The summed E-state index contributed by atoms with van der Waals surface area (Å²) in [5.74, 6) is 0.972. The largest absolute Gasteiger partial charge is 0.339 e. The number of hydrogen-bond acceptors (Lipinski definition) is 3. The maximum Gasteiger partial charge on any atom is 0.227 e. The fraction of sp³-hybridized carbons (Fsp3) is 0.250. The van der Waals surface area contributed by atoms with E-state index in [0.717, 1.165) is 16.7 Å². The van der Waals surface area contributed by atoms with Gasteiger partial charge in [0.2, 0.25) is 11.7 Å². The fourth-order valence-corrected chi connectivity index (χ4v) is 1.89. The van der Waals surface area contributed by atoms with E-state index in [1.54, 1.807) is 0 Å². The maximum absolute atomic E-state index is 4.89. The molecule has 1 aromatic carbocycles. The Morgan fingerprint density at radius 1 is 1.13 bits per heavy atom. The first-order valence-electron chi connectivity index (χ1n) is 4.82. The Labute approximate surface area is 89.1 Å². The third kappa shape index (κ3) is 1.77. The predicted octanol–water partition coefficient (Wildman–Crippen LogP) is 2.84. The zero-order valence-corrected chi connectivity index (χ0v) is 9.16. The monoisotopic (exact) mass is 201 g/mol. The molecule has 1 radical (unpaired) electrons. The van der Waals surface area contributed by atoms with Gasteiger partial charge in [0.15, 0.2) is 0 Å². The van der Waals surface area contributed by atoms with Crippen LogP contribution in [0.1, 0.15) is 22.6 Å². The van der Waals surface area contributed by atoms with Crippen molar-refractivity contribution in [1.29, 1.82) is 0 Å². The molecule has 0 aliphatic rings. The van der Waals surface area contributed by atoms with Crippen molar-refractivity contribution < 1.29 is 4.52 Å². The summed E-state index contributed by atoms with van der Waals surface area (Å²) in [7, 11) is 0. The topological polar surface area (TPSA) is 38.9 Å². The van der Waals surface area contributed by atoms with Gasteiger partial charge in [-0.3, -0.25) is 0 Å². The molecule has 0 bridgehead atoms. The van der Waals surface area contributed by atoms with Crippen LogP contribution in [0, 0.1) is 27.7 Å². The molecule has 77 valence electrons. The molecular formula is C12H13N2O. The average Bonchev–Trinajstić information content (AvgIpc) is 2.49. The zero-order chi connectivity index (χ0) is 11.0. The van der Waals surface area contributed by atoms with Crippen molar-refractivity contribution in [3.05, 3.63) is 41.6 Å². The second-order valence-electron chi connectivity index (χ2n) is 3.79. The van der Waals surface area contributed by atoms with E-state index in [-0.39, 0.29) is 0 Å². The summed E-state index contributed by atoms with van der Waals surface area (Å²) < 4.78 is 4.89. The summed E-state index contributed by atoms with van der Waals surface area (Å²) in [6.07, 6.45) is 0. The minimum atomic E-state index is 0.351. The standard InChI is InChI=1S/C12H13N2O/c1-7-5-8(2)11(9(3)6-7)12-13-10(4)15-14-12/h5-6H,4H2,1-3H3. The first-order valence-corrected chi connectivity index (χ1v) is 4.82. The van der Waals surface area contributed by atoms with E-state index in [1.807, 2.05) is 0 Å². The Balaban J connectivity index is 2.62. The number of hydrogen-bond donors (Lipinski definition) is 0. The SMILES string of the molecule is [CH2]c1nc(-c2c(C)cc(C)cc2C)no1. The second-order valence-corrected chi connectivity index (χ2v) is 3.79. The molecule has 0 atom stereocenters. The number of aryl methyl sites for hydroxylation is 3. The van der Waals surface area contributed by atoms with E-state index in [0.29, 0.717) is 11.7 Å². The van der Waals surface area contributed by atoms with Crippen LogP contribution in [-0.4, -0.2) is 10.1 Å². The summed E-state index contributed by atoms with van der Waals surface area (Å²) in [6, 6.07) is 4.23. The molecule has 0 unspecified atom stereocenters. The van der Waals surface area contributed by atoms with Gasteiger partial charge in [-0.1, -0.05) is 22.9 Å². The van der Waals surface area contributed by atoms with Gasteiger partial charge in [-0.2, -0.15) is 4.98 Å². The van der Waals surface area contributed by atoms with Crippen LogP contribution in [0.15, 0.2) is 16.7 Å². The molecule has 2 aromatic rings. The Bertz CT molecular complexity index is 477. The molecule has 1 aromatic heterocycles. The van der Waals surface area contributed by atoms with Crippen molar-refractivity contribution in [2.75, 3.05) is 0 Å². The predicted molar refractivity (Wildman–Crippen MR) is 58.4 cm³/mol. The van der Waals surface area contributed by atoms with Crippen LogP contribution in [0.5, 0.6) is 0 Å². The van der Waals surface area contributed by atoms with Crippen molar-refractivity contribution in [2.24, 2.45) is 0 Å². The van der Waals surface area contributed by atoms with Gasteiger partial charge >= 0.3 is 0 Å². The van der Waals surface area contributed by atoms with E-state index in [4.69, 9.17) is 4.52 Å². The lowest BCUT2D eigenvalue weighted by Gasteiger charge is -2.06. The van der Waals surface area contributed by atoms with Crippen molar-refractivity contribution >= 4 is 0 Å². The van der Waals surface area contributed by atoms with Gasteiger partial charge in [0.1, 0.15) is 0 Å². The summed E-state index contributed by atoms with van der Waals surface area (Å²) in [6.45, 7) is 9.78. The molecular weight excluding hydrogens is 188 g/mol. The van der Waals surface area contributed by atoms with Crippen LogP contribution in [0.3, 0.4) is 0 Å². The van der Waals surface area contributed by atoms with Crippen molar-refractivity contribution in [3.8, 4) is 11.4 Å². The van der Waals surface area contributed by atoms with Crippen LogP contribution >= 0.6 is 0 Å². The molecule has 0 spiro atoms. The highest BCUT2D eigenvalue weighted by Gasteiger charge is 2.11. The van der Waals surface area contributed by atoms with Crippen LogP contribution in [0.2, 0.25) is 0 Å². The Morgan fingerprint density at radius 2 is 1.73 bits per heavy atom. The third-order valence-electron chi connectivity index (χ3n) is 2.37. The summed E-state index contributed by atoms with van der Waals surface area (Å²) in [5, 5.41) is 3.89. The van der Waals surface area contributed by atoms with Gasteiger partial charge in [-0.25, -0.2) is 0 Å². The highest BCUT2D eigenvalue weighted by Crippen LogP contribution is 2.25. The molecule has 2 rings (SSSR count). The summed E-state index contributed by atoms with van der Waals surface area (Å²) >= 11 is 0. The molecule has 0 saturated heterocycles. The molecule has 0 N–H and O–H groups in total. The lowest BCUT2D eigenvalue weighted by atomic mass is 9.99. The molecule has 1 heterocycles. The quantitative estimate of drug-likeness (QED) is 0.712. The number of aromatic nitrogens is 2. The second kappa shape index (κ2) is 3.50. The normalized spacial score (nSPS) is 10.7. The van der Waals surface area contributed by atoms with Gasteiger partial charge in [-0.15, -0.1) is 0 Å². The van der Waals surface area contributed by atoms with Crippen LogP contribution in [-0.2, 0) is 0 Å². The Kier molecular flexibility index (Phi) is 2.31. The van der Waals surface area contributed by atoms with E-state index < -0.39 is 0 Å². The number of rotatable bonds is 1. The van der Waals surface area contributed by atoms with Crippen molar-refractivity contribution in [1.82, 2.24) is 10.1 Å². The molecule has 0 fully saturated rings. The molecule has 15 heavy (non-hydrogen) atoms. The molecule has 0 aliphatic carbocycles. The lowest BCUT2D eigenvalue weighted by Crippen LogP contribution is -1.91. The van der Waals surface area contributed by atoms with Gasteiger partial charge in [-0.05, 0) is 31.9 Å².